The molecule has 0 saturated heterocycles. The Balaban J connectivity index is 1.50. The third-order valence-electron chi connectivity index (χ3n) is 5.52. The van der Waals surface area contributed by atoms with Gasteiger partial charge in [0.1, 0.15) is 28.6 Å². The van der Waals surface area contributed by atoms with Gasteiger partial charge in [0.2, 0.25) is 5.88 Å². The van der Waals surface area contributed by atoms with Crippen LogP contribution in [-0.4, -0.2) is 37.6 Å². The summed E-state index contributed by atoms with van der Waals surface area (Å²) < 4.78 is 51.3. The molecule has 0 aliphatic carbocycles. The predicted octanol–water partition coefficient (Wildman–Crippen LogP) is 5.78. The molecule has 8 nitrogen and oxygen atoms in total. The number of aryl methyl sites for hydroxylation is 2. The highest BCUT2D eigenvalue weighted by molar-refractivity contribution is 5.92. The summed E-state index contributed by atoms with van der Waals surface area (Å²) in [5.41, 5.74) is 4.19. The Morgan fingerprint density at radius 1 is 1.00 bits per heavy atom. The molecule has 0 aliphatic rings. The Hall–Kier alpha value is -4.54. The second-order valence-corrected chi connectivity index (χ2v) is 8.02. The molecule has 0 fully saturated rings. The second kappa shape index (κ2) is 8.91. The highest BCUT2D eigenvalue weighted by atomic mass is 19.4. The van der Waals surface area contributed by atoms with Crippen LogP contribution >= 0.6 is 0 Å². The Morgan fingerprint density at radius 2 is 1.81 bits per heavy atom. The van der Waals surface area contributed by atoms with E-state index in [1.54, 1.807) is 26.6 Å². The molecule has 0 amide bonds. The van der Waals surface area contributed by atoms with Gasteiger partial charge in [0.15, 0.2) is 0 Å². The maximum Gasteiger partial charge on any atom is 0.573 e. The second-order valence-electron chi connectivity index (χ2n) is 8.02. The lowest BCUT2D eigenvalue weighted by molar-refractivity contribution is -0.274. The van der Waals surface area contributed by atoms with Crippen molar-refractivity contribution in [1.82, 2.24) is 24.1 Å². The lowest BCUT2D eigenvalue weighted by atomic mass is 10.2. The van der Waals surface area contributed by atoms with Gasteiger partial charge in [-0.2, -0.15) is 4.98 Å². The molecular weight excluding hydrogens is 473 g/mol. The van der Waals surface area contributed by atoms with Gasteiger partial charge in [-0.25, -0.2) is 9.97 Å². The van der Waals surface area contributed by atoms with Gasteiger partial charge in [0, 0.05) is 18.8 Å². The predicted molar refractivity (Wildman–Crippen MR) is 129 cm³/mol. The van der Waals surface area contributed by atoms with Crippen LogP contribution in [0.5, 0.6) is 11.6 Å². The molecular formula is C25H21F3N6O2. The van der Waals surface area contributed by atoms with Crippen LogP contribution in [0.15, 0.2) is 67.1 Å². The molecule has 36 heavy (non-hydrogen) atoms. The Morgan fingerprint density at radius 3 is 2.53 bits per heavy atom. The SMILES string of the molecule is COc1nc(Nc2cccc3c2nc(-c2cccc(OC(F)(F)F)c2)n3C)ccc1-n1cnc(C)c1. The highest BCUT2D eigenvalue weighted by Crippen LogP contribution is 2.33. The molecule has 0 radical (unpaired) electrons. The van der Waals surface area contributed by atoms with Crippen LogP contribution in [-0.2, 0) is 7.05 Å². The van der Waals surface area contributed by atoms with Crippen molar-refractivity contribution < 1.29 is 22.6 Å². The number of ether oxygens (including phenoxy) is 2. The maximum absolute atomic E-state index is 12.7. The highest BCUT2D eigenvalue weighted by Gasteiger charge is 2.31. The zero-order valence-electron chi connectivity index (χ0n) is 19.5. The Bertz CT molecular complexity index is 1560. The average Bonchev–Trinajstić information content (AvgIpc) is 3.42. The number of hydrogen-bond donors (Lipinski definition) is 1. The van der Waals surface area contributed by atoms with Crippen molar-refractivity contribution in [1.29, 1.82) is 0 Å². The summed E-state index contributed by atoms with van der Waals surface area (Å²) in [7, 11) is 3.34. The van der Waals surface area contributed by atoms with E-state index < -0.39 is 6.36 Å². The van der Waals surface area contributed by atoms with E-state index in [9.17, 15) is 13.2 Å². The van der Waals surface area contributed by atoms with Crippen LogP contribution in [0.2, 0.25) is 0 Å². The van der Waals surface area contributed by atoms with Gasteiger partial charge in [-0.1, -0.05) is 18.2 Å². The van der Waals surface area contributed by atoms with E-state index in [0.29, 0.717) is 34.3 Å². The van der Waals surface area contributed by atoms with Gasteiger partial charge >= 0.3 is 6.36 Å². The largest absolute Gasteiger partial charge is 0.573 e. The van der Waals surface area contributed by atoms with Crippen molar-refractivity contribution in [2.75, 3.05) is 12.4 Å². The summed E-state index contributed by atoms with van der Waals surface area (Å²) >= 11 is 0. The van der Waals surface area contributed by atoms with E-state index >= 15 is 0 Å². The fourth-order valence-electron chi connectivity index (χ4n) is 3.95. The number of fused-ring (bicyclic) bond motifs is 1. The molecule has 3 aromatic heterocycles. The third kappa shape index (κ3) is 4.54. The number of methoxy groups -OCH3 is 1. The summed E-state index contributed by atoms with van der Waals surface area (Å²) in [6.07, 6.45) is -1.22. The van der Waals surface area contributed by atoms with Crippen LogP contribution in [0.3, 0.4) is 0 Å². The first-order valence-electron chi connectivity index (χ1n) is 10.9. The van der Waals surface area contributed by atoms with Gasteiger partial charge in [-0.3, -0.25) is 0 Å². The van der Waals surface area contributed by atoms with Crippen molar-refractivity contribution in [3.63, 3.8) is 0 Å². The molecule has 0 saturated carbocycles. The molecule has 5 rings (SSSR count). The maximum atomic E-state index is 12.7. The minimum Gasteiger partial charge on any atom is -0.479 e. The average molecular weight is 494 g/mol. The van der Waals surface area contributed by atoms with Crippen molar-refractivity contribution >= 4 is 22.5 Å². The van der Waals surface area contributed by atoms with Crippen molar-refractivity contribution in [2.45, 2.75) is 13.3 Å². The number of hydrogen-bond acceptors (Lipinski definition) is 6. The van der Waals surface area contributed by atoms with Gasteiger partial charge in [0.25, 0.3) is 0 Å². The minimum atomic E-state index is -4.78. The van der Waals surface area contributed by atoms with E-state index in [0.717, 1.165) is 16.9 Å². The van der Waals surface area contributed by atoms with Crippen LogP contribution in [0.4, 0.5) is 24.7 Å². The number of nitrogens with one attached hydrogen (secondary N) is 1. The first kappa shape index (κ1) is 23.2. The summed E-state index contributed by atoms with van der Waals surface area (Å²) in [4.78, 5) is 13.5. The molecule has 0 bridgehead atoms. The van der Waals surface area contributed by atoms with Crippen molar-refractivity contribution in [3.8, 4) is 28.7 Å². The summed E-state index contributed by atoms with van der Waals surface area (Å²) in [5.74, 6) is 1.12. The molecule has 1 N–H and O–H groups in total. The first-order chi connectivity index (χ1) is 17.2. The van der Waals surface area contributed by atoms with Gasteiger partial charge in [-0.15, -0.1) is 13.2 Å². The number of anilines is 2. The number of alkyl halides is 3. The van der Waals surface area contributed by atoms with Gasteiger partial charge in [0.05, 0.1) is 30.3 Å². The Kier molecular flexibility index (Phi) is 5.75. The molecule has 2 aromatic carbocycles. The molecule has 0 spiro atoms. The molecule has 0 atom stereocenters. The smallest absolute Gasteiger partial charge is 0.479 e. The third-order valence-corrected chi connectivity index (χ3v) is 5.52. The zero-order chi connectivity index (χ0) is 25.4. The zero-order valence-corrected chi connectivity index (χ0v) is 19.5. The monoisotopic (exact) mass is 494 g/mol. The van der Waals surface area contributed by atoms with Crippen LogP contribution in [0, 0.1) is 6.92 Å². The number of pyridine rings is 1. The van der Waals surface area contributed by atoms with E-state index in [2.05, 4.69) is 20.0 Å². The molecule has 3 heterocycles. The quantitative estimate of drug-likeness (QED) is 0.322. The molecule has 5 aromatic rings. The van der Waals surface area contributed by atoms with E-state index in [1.165, 1.54) is 18.2 Å². The number of aromatic nitrogens is 5. The standard InChI is InChI=1S/C25H21F3N6O2/c1-15-13-34(14-29-15)20-10-11-21(31-24(20)35-3)30-18-8-5-9-19-22(18)32-23(33(19)2)16-6-4-7-17(12-16)36-25(26,27)28/h4-14H,1-3H3,(H,30,31). The lowest BCUT2D eigenvalue weighted by Gasteiger charge is -2.11. The number of halogens is 3. The van der Waals surface area contributed by atoms with Crippen LogP contribution in [0.1, 0.15) is 5.69 Å². The fraction of sp³-hybridized carbons (Fsp3) is 0.160. The number of para-hydroxylation sites is 1. The molecule has 11 heteroatoms. The van der Waals surface area contributed by atoms with Gasteiger partial charge < -0.3 is 23.9 Å². The van der Waals surface area contributed by atoms with Crippen molar-refractivity contribution in [2.24, 2.45) is 7.05 Å². The number of benzene rings is 2. The topological polar surface area (TPSA) is 79.0 Å². The summed E-state index contributed by atoms with van der Waals surface area (Å²) in [6.45, 7) is 1.90. The lowest BCUT2D eigenvalue weighted by Crippen LogP contribution is -2.17. The van der Waals surface area contributed by atoms with Gasteiger partial charge in [-0.05, 0) is 43.3 Å². The molecule has 184 valence electrons. The normalized spacial score (nSPS) is 11.6. The number of nitrogens with zero attached hydrogens (tertiary/aromatic N) is 5. The van der Waals surface area contributed by atoms with E-state index in [-0.39, 0.29) is 5.75 Å². The van der Waals surface area contributed by atoms with Crippen molar-refractivity contribution in [3.05, 3.63) is 72.8 Å². The van der Waals surface area contributed by atoms with E-state index in [1.807, 2.05) is 52.6 Å². The molecule has 0 unspecified atom stereocenters. The van der Waals surface area contributed by atoms with E-state index in [4.69, 9.17) is 9.72 Å². The number of rotatable bonds is 6. The fourth-order valence-corrected chi connectivity index (χ4v) is 3.95. The molecule has 0 aliphatic heterocycles. The summed E-state index contributed by atoms with van der Waals surface area (Å²) in [5, 5.41) is 3.27. The first-order valence-corrected chi connectivity index (χ1v) is 10.9. The minimum absolute atomic E-state index is 0.310. The Labute approximate surface area is 204 Å². The van der Waals surface area contributed by atoms with Crippen LogP contribution in [0.25, 0.3) is 28.1 Å². The number of imidazole rings is 2. The summed E-state index contributed by atoms with van der Waals surface area (Å²) in [6, 6.07) is 15.0. The van der Waals surface area contributed by atoms with Crippen LogP contribution < -0.4 is 14.8 Å².